The summed E-state index contributed by atoms with van der Waals surface area (Å²) in [6.45, 7) is 0. The molecule has 0 aliphatic heterocycles. The van der Waals surface area contributed by atoms with Crippen LogP contribution in [0.15, 0.2) is 12.1 Å². The van der Waals surface area contributed by atoms with Crippen molar-refractivity contribution < 1.29 is 17.6 Å². The second-order valence-electron chi connectivity index (χ2n) is 2.59. The van der Waals surface area contributed by atoms with Crippen molar-refractivity contribution in [1.82, 2.24) is 4.98 Å². The van der Waals surface area contributed by atoms with Crippen LogP contribution in [0, 0.1) is 29.5 Å². The van der Waals surface area contributed by atoms with Gasteiger partial charge in [0.25, 0.3) is 0 Å². The molecule has 2 aromatic rings. The van der Waals surface area contributed by atoms with Gasteiger partial charge < -0.3 is 0 Å². The summed E-state index contributed by atoms with van der Waals surface area (Å²) >= 11 is 0. The van der Waals surface area contributed by atoms with Crippen molar-refractivity contribution in [2.75, 3.05) is 0 Å². The van der Waals surface area contributed by atoms with E-state index in [0.717, 1.165) is 6.07 Å². The Kier molecular flexibility index (Phi) is 1.87. The van der Waals surface area contributed by atoms with Gasteiger partial charge in [-0.15, -0.1) is 0 Å². The maximum atomic E-state index is 13.0. The lowest BCUT2D eigenvalue weighted by Crippen LogP contribution is -1.99. The molecule has 0 saturated heterocycles. The largest absolute Gasteiger partial charge is 0.243 e. The number of benzene rings is 1. The van der Waals surface area contributed by atoms with Gasteiger partial charge in [0.1, 0.15) is 5.52 Å². The van der Waals surface area contributed by atoms with Crippen LogP contribution in [0.4, 0.5) is 17.6 Å². The highest BCUT2D eigenvalue weighted by atomic mass is 19.2. The van der Waals surface area contributed by atoms with Gasteiger partial charge >= 0.3 is 0 Å². The molecule has 0 unspecified atom stereocenters. The number of hydrogen-bond acceptors (Lipinski definition) is 1. The van der Waals surface area contributed by atoms with E-state index in [9.17, 15) is 17.6 Å². The Labute approximate surface area is 76.0 Å². The van der Waals surface area contributed by atoms with Crippen LogP contribution in [0.2, 0.25) is 0 Å². The summed E-state index contributed by atoms with van der Waals surface area (Å²) in [5, 5.41) is -0.403. The van der Waals surface area contributed by atoms with Gasteiger partial charge in [0.2, 0.25) is 0 Å². The van der Waals surface area contributed by atoms with Crippen LogP contribution < -0.4 is 0 Å². The van der Waals surface area contributed by atoms with Crippen LogP contribution >= 0.6 is 0 Å². The Morgan fingerprint density at radius 3 is 2.29 bits per heavy atom. The molecular formula is C9H2F4N. The maximum Gasteiger partial charge on any atom is 0.199 e. The van der Waals surface area contributed by atoms with Crippen molar-refractivity contribution in [2.45, 2.75) is 0 Å². The van der Waals surface area contributed by atoms with E-state index in [0.29, 0.717) is 0 Å². The third kappa shape index (κ3) is 1.05. The number of fused-ring (bicyclic) bond motifs is 1. The molecule has 0 spiro atoms. The molecule has 14 heavy (non-hydrogen) atoms. The molecule has 1 heterocycles. The zero-order chi connectivity index (χ0) is 10.3. The maximum absolute atomic E-state index is 13.0. The molecule has 0 saturated carbocycles. The Hall–Kier alpha value is -1.65. The first kappa shape index (κ1) is 8.93. The van der Waals surface area contributed by atoms with E-state index in [-0.39, 0.29) is 0 Å². The molecule has 1 radical (unpaired) electrons. The first-order valence-corrected chi connectivity index (χ1v) is 3.61. The molecule has 1 nitrogen and oxygen atoms in total. The second-order valence-corrected chi connectivity index (χ2v) is 2.59. The smallest absolute Gasteiger partial charge is 0.199 e. The third-order valence-electron chi connectivity index (χ3n) is 1.78. The zero-order valence-electron chi connectivity index (χ0n) is 6.61. The highest BCUT2D eigenvalue weighted by Crippen LogP contribution is 2.24. The molecule has 0 bridgehead atoms. The van der Waals surface area contributed by atoms with Gasteiger partial charge in [-0.1, -0.05) is 0 Å². The second kappa shape index (κ2) is 2.94. The Morgan fingerprint density at radius 2 is 1.57 bits per heavy atom. The topological polar surface area (TPSA) is 12.9 Å². The predicted octanol–water partition coefficient (Wildman–Crippen LogP) is 2.59. The van der Waals surface area contributed by atoms with E-state index < -0.39 is 34.2 Å². The summed E-state index contributed by atoms with van der Waals surface area (Å²) in [7, 11) is 0. The minimum atomic E-state index is -1.86. The monoisotopic (exact) mass is 200 g/mol. The average Bonchev–Trinajstić information content (AvgIpc) is 2.23. The van der Waals surface area contributed by atoms with E-state index in [2.05, 4.69) is 11.2 Å². The number of halogens is 4. The van der Waals surface area contributed by atoms with Crippen LogP contribution in [0.1, 0.15) is 0 Å². The lowest BCUT2D eigenvalue weighted by Gasteiger charge is -2.02. The SMILES string of the molecule is Fc1c(F)c(F)c2n[c]ccc2c1F. The predicted molar refractivity (Wildman–Crippen MR) is 40.4 cm³/mol. The molecule has 1 aromatic carbocycles. The van der Waals surface area contributed by atoms with Crippen LogP contribution in [-0.2, 0) is 0 Å². The van der Waals surface area contributed by atoms with Crippen molar-refractivity contribution in [3.63, 3.8) is 0 Å². The summed E-state index contributed by atoms with van der Waals surface area (Å²) < 4.78 is 51.3. The number of nitrogens with zero attached hydrogens (tertiary/aromatic N) is 1. The fourth-order valence-corrected chi connectivity index (χ4v) is 1.12. The number of pyridine rings is 1. The Morgan fingerprint density at radius 1 is 0.929 bits per heavy atom. The number of aromatic nitrogens is 1. The summed E-state index contributed by atoms with van der Waals surface area (Å²) in [4.78, 5) is 3.30. The van der Waals surface area contributed by atoms with Gasteiger partial charge in [0.15, 0.2) is 23.3 Å². The molecule has 0 amide bonds. The normalized spacial score (nSPS) is 10.9. The Balaban J connectivity index is 3.02. The van der Waals surface area contributed by atoms with Crippen molar-refractivity contribution in [2.24, 2.45) is 0 Å². The quantitative estimate of drug-likeness (QED) is 0.362. The van der Waals surface area contributed by atoms with Gasteiger partial charge in [-0.2, -0.15) is 0 Å². The fourth-order valence-electron chi connectivity index (χ4n) is 1.12. The van der Waals surface area contributed by atoms with Gasteiger partial charge in [-0.05, 0) is 12.1 Å². The Bertz CT molecular complexity index is 463. The minimum absolute atomic E-state index is 0.403. The molecule has 0 aliphatic carbocycles. The van der Waals surface area contributed by atoms with E-state index in [4.69, 9.17) is 0 Å². The van der Waals surface area contributed by atoms with Crippen molar-refractivity contribution in [3.8, 4) is 0 Å². The van der Waals surface area contributed by atoms with Gasteiger partial charge in [-0.25, -0.2) is 22.5 Å². The first-order valence-electron chi connectivity index (χ1n) is 3.61. The van der Waals surface area contributed by atoms with Gasteiger partial charge in [0, 0.05) is 5.39 Å². The highest BCUT2D eigenvalue weighted by Gasteiger charge is 2.20. The van der Waals surface area contributed by atoms with Gasteiger partial charge in [0.05, 0.1) is 6.20 Å². The third-order valence-corrected chi connectivity index (χ3v) is 1.78. The molecule has 2 rings (SSSR count). The molecular weight excluding hydrogens is 198 g/mol. The molecule has 5 heteroatoms. The van der Waals surface area contributed by atoms with Crippen molar-refractivity contribution in [1.29, 1.82) is 0 Å². The number of rotatable bonds is 0. The van der Waals surface area contributed by atoms with E-state index in [1.54, 1.807) is 0 Å². The highest BCUT2D eigenvalue weighted by molar-refractivity contribution is 5.79. The summed E-state index contributed by atoms with van der Waals surface area (Å²) in [6.07, 6.45) is 2.20. The zero-order valence-corrected chi connectivity index (χ0v) is 6.61. The van der Waals surface area contributed by atoms with Gasteiger partial charge in [-0.3, -0.25) is 0 Å². The van der Waals surface area contributed by atoms with Crippen LogP contribution in [0.25, 0.3) is 10.9 Å². The fraction of sp³-hybridized carbons (Fsp3) is 0. The first-order chi connectivity index (χ1) is 6.63. The van der Waals surface area contributed by atoms with Crippen molar-refractivity contribution >= 4 is 10.9 Å². The summed E-state index contributed by atoms with van der Waals surface area (Å²) in [5.74, 6) is -6.64. The van der Waals surface area contributed by atoms with E-state index in [1.165, 1.54) is 6.07 Å². The average molecular weight is 200 g/mol. The summed E-state index contributed by atoms with van der Waals surface area (Å²) in [5.41, 5.74) is -0.566. The number of hydrogen-bond donors (Lipinski definition) is 0. The minimum Gasteiger partial charge on any atom is -0.243 e. The van der Waals surface area contributed by atoms with Crippen LogP contribution in [0.3, 0.4) is 0 Å². The molecule has 71 valence electrons. The summed E-state index contributed by atoms with van der Waals surface area (Å²) in [6, 6.07) is 2.26. The van der Waals surface area contributed by atoms with E-state index in [1.807, 2.05) is 0 Å². The van der Waals surface area contributed by atoms with E-state index >= 15 is 0 Å². The van der Waals surface area contributed by atoms with Crippen LogP contribution in [0.5, 0.6) is 0 Å². The van der Waals surface area contributed by atoms with Crippen molar-refractivity contribution in [3.05, 3.63) is 41.6 Å². The van der Waals surface area contributed by atoms with Crippen LogP contribution in [-0.4, -0.2) is 4.98 Å². The molecule has 0 atom stereocenters. The standard InChI is InChI=1S/C9H2F4N/c10-5-4-2-1-3-14-9(4)8(13)7(12)6(5)11/h1-2H. The molecule has 0 N–H and O–H groups in total. The lowest BCUT2D eigenvalue weighted by molar-refractivity contribution is 0.417. The molecule has 1 aromatic heterocycles. The lowest BCUT2D eigenvalue weighted by atomic mass is 10.2. The molecule has 0 aliphatic rings. The molecule has 0 fully saturated rings.